The van der Waals surface area contributed by atoms with Gasteiger partial charge in [0.15, 0.2) is 0 Å². The topological polar surface area (TPSA) is 59.4 Å². The van der Waals surface area contributed by atoms with Gasteiger partial charge in [0.1, 0.15) is 5.82 Å². The molecule has 0 saturated carbocycles. The summed E-state index contributed by atoms with van der Waals surface area (Å²) in [6.07, 6.45) is -0.0188. The highest BCUT2D eigenvalue weighted by Crippen LogP contribution is 2.22. The molecule has 6 heteroatoms. The molecule has 1 aliphatic heterocycles. The summed E-state index contributed by atoms with van der Waals surface area (Å²) in [7, 11) is 0. The second-order valence-corrected chi connectivity index (χ2v) is 8.46. The number of carbonyl (C=O) groups excluding carboxylic acids is 1. The van der Waals surface area contributed by atoms with E-state index in [4.69, 9.17) is 4.74 Å². The minimum atomic E-state index is -0.104. The Labute approximate surface area is 193 Å². The second kappa shape index (κ2) is 9.57. The number of amides is 1. The van der Waals surface area contributed by atoms with Crippen LogP contribution in [0.25, 0.3) is 16.7 Å². The molecule has 2 heterocycles. The predicted octanol–water partition coefficient (Wildman–Crippen LogP) is 3.96. The van der Waals surface area contributed by atoms with E-state index in [2.05, 4.69) is 56.2 Å². The van der Waals surface area contributed by atoms with Crippen molar-refractivity contribution in [2.45, 2.75) is 19.6 Å². The summed E-state index contributed by atoms with van der Waals surface area (Å²) in [6.45, 7) is 5.74. The number of ether oxygens (including phenoxy) is 1. The Morgan fingerprint density at radius 3 is 2.61 bits per heavy atom. The van der Waals surface area contributed by atoms with Crippen molar-refractivity contribution in [1.82, 2.24) is 19.8 Å². The SMILES string of the molecule is Cc1nc2cc(C(=O)NCC3CN(Cc4ccccc4)CCO3)ccc2n1-c1ccccc1. The number of nitrogens with one attached hydrogen (secondary N) is 1. The third-order valence-corrected chi connectivity index (χ3v) is 6.06. The van der Waals surface area contributed by atoms with Crippen molar-refractivity contribution in [3.8, 4) is 5.69 Å². The van der Waals surface area contributed by atoms with Crippen molar-refractivity contribution in [1.29, 1.82) is 0 Å². The fraction of sp³-hybridized carbons (Fsp3) is 0.259. The lowest BCUT2D eigenvalue weighted by atomic mass is 10.1. The van der Waals surface area contributed by atoms with Gasteiger partial charge in [0.25, 0.3) is 5.91 Å². The fourth-order valence-electron chi connectivity index (χ4n) is 4.44. The number of hydrogen-bond acceptors (Lipinski definition) is 4. The summed E-state index contributed by atoms with van der Waals surface area (Å²) in [6, 6.07) is 26.3. The van der Waals surface area contributed by atoms with Gasteiger partial charge in [-0.15, -0.1) is 0 Å². The smallest absolute Gasteiger partial charge is 0.251 e. The lowest BCUT2D eigenvalue weighted by molar-refractivity contribution is -0.0292. The Bertz CT molecular complexity index is 1240. The van der Waals surface area contributed by atoms with Gasteiger partial charge in [0.05, 0.1) is 23.7 Å². The number of fused-ring (bicyclic) bond motifs is 1. The standard InChI is InChI=1S/C27H28N4O2/c1-20-29-25-16-22(12-13-26(25)31(20)23-10-6-3-7-11-23)27(32)28-17-24-19-30(14-15-33-24)18-21-8-4-2-5-9-21/h2-13,16,24H,14-15,17-19H2,1H3,(H,28,32). The van der Waals surface area contributed by atoms with Crippen LogP contribution in [-0.2, 0) is 11.3 Å². The molecule has 33 heavy (non-hydrogen) atoms. The molecule has 4 aromatic rings. The van der Waals surface area contributed by atoms with Gasteiger partial charge in [0, 0.05) is 37.4 Å². The number of nitrogens with zero attached hydrogens (tertiary/aromatic N) is 3. The van der Waals surface area contributed by atoms with Gasteiger partial charge >= 0.3 is 0 Å². The molecule has 1 saturated heterocycles. The van der Waals surface area contributed by atoms with Crippen LogP contribution in [0.1, 0.15) is 21.7 Å². The number of rotatable bonds is 6. The number of benzene rings is 3. The van der Waals surface area contributed by atoms with Gasteiger partial charge in [-0.3, -0.25) is 14.3 Å². The van der Waals surface area contributed by atoms with Gasteiger partial charge in [-0.2, -0.15) is 0 Å². The zero-order valence-corrected chi connectivity index (χ0v) is 18.8. The van der Waals surface area contributed by atoms with E-state index < -0.39 is 0 Å². The van der Waals surface area contributed by atoms with E-state index in [-0.39, 0.29) is 12.0 Å². The summed E-state index contributed by atoms with van der Waals surface area (Å²) >= 11 is 0. The first-order valence-corrected chi connectivity index (χ1v) is 11.4. The Morgan fingerprint density at radius 1 is 1.06 bits per heavy atom. The Hall–Kier alpha value is -3.48. The minimum Gasteiger partial charge on any atom is -0.374 e. The quantitative estimate of drug-likeness (QED) is 0.493. The van der Waals surface area contributed by atoms with Crippen LogP contribution in [0.4, 0.5) is 0 Å². The second-order valence-electron chi connectivity index (χ2n) is 8.46. The van der Waals surface area contributed by atoms with Gasteiger partial charge in [0.2, 0.25) is 0 Å². The van der Waals surface area contributed by atoms with E-state index in [9.17, 15) is 4.79 Å². The number of aromatic nitrogens is 2. The molecule has 1 fully saturated rings. The maximum atomic E-state index is 12.9. The van der Waals surface area contributed by atoms with Crippen molar-refractivity contribution in [2.75, 3.05) is 26.2 Å². The third-order valence-electron chi connectivity index (χ3n) is 6.06. The van der Waals surface area contributed by atoms with E-state index >= 15 is 0 Å². The first kappa shape index (κ1) is 21.4. The number of morpholine rings is 1. The Balaban J connectivity index is 1.23. The van der Waals surface area contributed by atoms with Crippen LogP contribution >= 0.6 is 0 Å². The molecule has 0 aliphatic carbocycles. The lowest BCUT2D eigenvalue weighted by Crippen LogP contribution is -2.47. The van der Waals surface area contributed by atoms with E-state index in [0.717, 1.165) is 42.2 Å². The highest BCUT2D eigenvalue weighted by atomic mass is 16.5. The van der Waals surface area contributed by atoms with Crippen LogP contribution < -0.4 is 5.32 Å². The molecule has 1 aliphatic rings. The molecular formula is C27H28N4O2. The highest BCUT2D eigenvalue weighted by molar-refractivity contribution is 5.97. The zero-order chi connectivity index (χ0) is 22.6. The summed E-state index contributed by atoms with van der Waals surface area (Å²) in [4.78, 5) is 19.9. The van der Waals surface area contributed by atoms with Crippen LogP contribution in [0.2, 0.25) is 0 Å². The molecule has 1 atom stereocenters. The maximum Gasteiger partial charge on any atom is 0.251 e. The number of hydrogen-bond donors (Lipinski definition) is 1. The van der Waals surface area contributed by atoms with Crippen molar-refractivity contribution < 1.29 is 9.53 Å². The molecule has 0 bridgehead atoms. The summed E-state index contributed by atoms with van der Waals surface area (Å²) in [5.41, 5.74) is 4.76. The van der Waals surface area contributed by atoms with Crippen molar-refractivity contribution >= 4 is 16.9 Å². The first-order valence-electron chi connectivity index (χ1n) is 11.4. The normalized spacial score (nSPS) is 16.7. The molecule has 1 aromatic heterocycles. The van der Waals surface area contributed by atoms with Crippen LogP contribution in [0, 0.1) is 6.92 Å². The lowest BCUT2D eigenvalue weighted by Gasteiger charge is -2.33. The van der Waals surface area contributed by atoms with Crippen LogP contribution in [-0.4, -0.2) is 52.7 Å². The van der Waals surface area contributed by atoms with E-state index in [1.54, 1.807) is 0 Å². The molecule has 5 rings (SSSR count). The molecule has 0 spiro atoms. The van der Waals surface area contributed by atoms with Crippen molar-refractivity contribution in [2.24, 2.45) is 0 Å². The molecule has 6 nitrogen and oxygen atoms in total. The molecule has 168 valence electrons. The fourth-order valence-corrected chi connectivity index (χ4v) is 4.44. The first-order chi connectivity index (χ1) is 16.2. The third kappa shape index (κ3) is 4.82. The van der Waals surface area contributed by atoms with Crippen molar-refractivity contribution in [3.05, 3.63) is 95.8 Å². The zero-order valence-electron chi connectivity index (χ0n) is 18.8. The maximum absolute atomic E-state index is 12.9. The highest BCUT2D eigenvalue weighted by Gasteiger charge is 2.21. The summed E-state index contributed by atoms with van der Waals surface area (Å²) in [5, 5.41) is 3.05. The number of imidazole rings is 1. The van der Waals surface area contributed by atoms with E-state index in [0.29, 0.717) is 18.7 Å². The number of aryl methyl sites for hydroxylation is 1. The Morgan fingerprint density at radius 2 is 1.82 bits per heavy atom. The number of carbonyl (C=O) groups is 1. The van der Waals surface area contributed by atoms with Crippen molar-refractivity contribution in [3.63, 3.8) is 0 Å². The van der Waals surface area contributed by atoms with Crippen LogP contribution in [0.3, 0.4) is 0 Å². The minimum absolute atomic E-state index is 0.0188. The largest absolute Gasteiger partial charge is 0.374 e. The van der Waals surface area contributed by atoms with E-state index in [1.807, 2.05) is 49.4 Å². The molecular weight excluding hydrogens is 412 g/mol. The van der Waals surface area contributed by atoms with Crippen LogP contribution in [0.15, 0.2) is 78.9 Å². The van der Waals surface area contributed by atoms with Gasteiger partial charge in [-0.25, -0.2) is 4.98 Å². The summed E-state index contributed by atoms with van der Waals surface area (Å²) in [5.74, 6) is 0.787. The molecule has 1 amide bonds. The molecule has 1 N–H and O–H groups in total. The molecule has 0 radical (unpaired) electrons. The van der Waals surface area contributed by atoms with E-state index in [1.165, 1.54) is 5.56 Å². The predicted molar refractivity (Wildman–Crippen MR) is 130 cm³/mol. The number of para-hydroxylation sites is 1. The molecule has 3 aromatic carbocycles. The average molecular weight is 441 g/mol. The van der Waals surface area contributed by atoms with Crippen LogP contribution in [0.5, 0.6) is 0 Å². The summed E-state index contributed by atoms with van der Waals surface area (Å²) < 4.78 is 8.00. The molecule has 1 unspecified atom stereocenters. The monoisotopic (exact) mass is 440 g/mol. The van der Waals surface area contributed by atoms with Gasteiger partial charge < -0.3 is 10.1 Å². The van der Waals surface area contributed by atoms with Gasteiger partial charge in [-0.1, -0.05) is 48.5 Å². The van der Waals surface area contributed by atoms with Gasteiger partial charge in [-0.05, 0) is 42.8 Å². The Kier molecular flexibility index (Phi) is 6.19. The average Bonchev–Trinajstić information content (AvgIpc) is 3.19.